The Morgan fingerprint density at radius 2 is 0.489 bits per heavy atom. The first-order valence-electron chi connectivity index (χ1n) is 39.1. The lowest BCUT2D eigenvalue weighted by Crippen LogP contribution is -2.30. The molecule has 0 aromatic rings. The molecule has 0 aromatic heterocycles. The molecule has 0 radical (unpaired) electrons. The van der Waals surface area contributed by atoms with Gasteiger partial charge in [0.25, 0.3) is 0 Å². The summed E-state index contributed by atoms with van der Waals surface area (Å²) in [6, 6.07) is 0. The van der Waals surface area contributed by atoms with E-state index >= 15 is 0 Å². The lowest BCUT2D eigenvalue weighted by atomic mass is 10.0. The highest BCUT2D eigenvalue weighted by Crippen LogP contribution is 2.45. The molecule has 17 nitrogen and oxygen atoms in total. The molecular formula is C75H146O17P2. The molecule has 0 saturated carbocycles. The average molecular weight is 1380 g/mol. The van der Waals surface area contributed by atoms with Crippen molar-refractivity contribution in [2.45, 2.75) is 412 Å². The van der Waals surface area contributed by atoms with Gasteiger partial charge in [0.05, 0.1) is 26.4 Å². The van der Waals surface area contributed by atoms with E-state index in [-0.39, 0.29) is 25.7 Å². The summed E-state index contributed by atoms with van der Waals surface area (Å²) in [6.07, 6.45) is 56.8. The van der Waals surface area contributed by atoms with E-state index < -0.39 is 97.5 Å². The fourth-order valence-corrected chi connectivity index (χ4v) is 13.1. The predicted molar refractivity (Wildman–Crippen MR) is 382 cm³/mol. The van der Waals surface area contributed by atoms with Crippen molar-refractivity contribution in [3.8, 4) is 0 Å². The minimum absolute atomic E-state index is 0.107. The van der Waals surface area contributed by atoms with Crippen LogP contribution >= 0.6 is 15.6 Å². The Balaban J connectivity index is 5.22. The van der Waals surface area contributed by atoms with E-state index in [0.29, 0.717) is 25.7 Å². The molecule has 0 fully saturated rings. The normalized spacial score (nSPS) is 14.0. The van der Waals surface area contributed by atoms with Gasteiger partial charge in [-0.3, -0.25) is 37.3 Å². The van der Waals surface area contributed by atoms with E-state index in [1.807, 2.05) is 0 Å². The smallest absolute Gasteiger partial charge is 0.462 e. The van der Waals surface area contributed by atoms with Crippen LogP contribution in [0.15, 0.2) is 0 Å². The van der Waals surface area contributed by atoms with Crippen LogP contribution in [0, 0.1) is 5.92 Å². The van der Waals surface area contributed by atoms with Crippen LogP contribution in [0.25, 0.3) is 0 Å². The van der Waals surface area contributed by atoms with Gasteiger partial charge in [0.2, 0.25) is 0 Å². The second-order valence-electron chi connectivity index (χ2n) is 27.5. The highest BCUT2D eigenvalue weighted by molar-refractivity contribution is 7.47. The Labute approximate surface area is 575 Å². The summed E-state index contributed by atoms with van der Waals surface area (Å²) in [6.45, 7) is 7.25. The van der Waals surface area contributed by atoms with Crippen molar-refractivity contribution in [2.75, 3.05) is 39.6 Å². The summed E-state index contributed by atoms with van der Waals surface area (Å²) in [4.78, 5) is 72.7. The summed E-state index contributed by atoms with van der Waals surface area (Å²) >= 11 is 0. The molecular weight excluding hydrogens is 1230 g/mol. The van der Waals surface area contributed by atoms with E-state index in [4.69, 9.17) is 37.0 Å². The maximum atomic E-state index is 13.1. The Kier molecular flexibility index (Phi) is 66.8. The molecule has 0 aliphatic heterocycles. The van der Waals surface area contributed by atoms with Crippen molar-refractivity contribution in [3.63, 3.8) is 0 Å². The molecule has 558 valence electrons. The molecule has 2 unspecified atom stereocenters. The molecule has 0 saturated heterocycles. The quantitative estimate of drug-likeness (QED) is 0.0222. The third-order valence-corrected chi connectivity index (χ3v) is 19.4. The van der Waals surface area contributed by atoms with Crippen molar-refractivity contribution in [1.82, 2.24) is 0 Å². The number of hydrogen-bond donors (Lipinski definition) is 3. The molecule has 0 bridgehead atoms. The number of esters is 4. The number of carbonyl (C=O) groups excluding carboxylic acids is 4. The fraction of sp³-hybridized carbons (Fsp3) is 0.947. The number of carbonyl (C=O) groups is 4. The first-order valence-corrected chi connectivity index (χ1v) is 42.1. The Hall–Kier alpha value is -1.94. The van der Waals surface area contributed by atoms with Gasteiger partial charge in [-0.15, -0.1) is 0 Å². The van der Waals surface area contributed by atoms with Crippen LogP contribution in [0.5, 0.6) is 0 Å². The molecule has 94 heavy (non-hydrogen) atoms. The van der Waals surface area contributed by atoms with E-state index in [9.17, 15) is 43.2 Å². The van der Waals surface area contributed by atoms with Crippen molar-refractivity contribution >= 4 is 39.5 Å². The second-order valence-corrected chi connectivity index (χ2v) is 30.4. The highest BCUT2D eigenvalue weighted by atomic mass is 31.2. The number of phosphoric acid groups is 2. The standard InChI is InChI=1S/C75H146O17P2/c1-6-9-12-15-18-21-24-27-28-29-30-31-32-33-36-39-46-51-56-61-75(80)91-70(64-85-72(77)58-53-48-43-37-34-25-22-19-16-13-10-7-2)66-89-93(81,82)87-62-69(76)63-88-94(83,84)90-67-71(65-86-73(78)59-54-49-44-41-40-42-47-52-57-68(4)5)92-74(79)60-55-50-45-38-35-26-23-20-17-14-11-8-3/h68-71,76H,6-67H2,1-5H3,(H,81,82)(H,83,84)/t69-,70-,71-/m1/s1. The van der Waals surface area contributed by atoms with Gasteiger partial charge in [-0.1, -0.05) is 343 Å². The molecule has 0 aliphatic carbocycles. The van der Waals surface area contributed by atoms with Gasteiger partial charge < -0.3 is 33.8 Å². The van der Waals surface area contributed by atoms with Crippen LogP contribution in [0.1, 0.15) is 394 Å². The maximum absolute atomic E-state index is 13.1. The van der Waals surface area contributed by atoms with Crippen LogP contribution in [-0.2, 0) is 65.4 Å². The summed E-state index contributed by atoms with van der Waals surface area (Å²) in [5, 5.41) is 10.6. The Bertz CT molecular complexity index is 1810. The predicted octanol–water partition coefficient (Wildman–Crippen LogP) is 22.1. The van der Waals surface area contributed by atoms with Crippen molar-refractivity contribution < 1.29 is 80.2 Å². The lowest BCUT2D eigenvalue weighted by molar-refractivity contribution is -0.161. The SMILES string of the molecule is CCCCCCCCCCCCCCCCCCCCCC(=O)O[C@H](COC(=O)CCCCCCCCCCCCCC)COP(=O)(O)OC[C@@H](O)COP(=O)(O)OC[C@@H](COC(=O)CCCCCCCCCCC(C)C)OC(=O)CCCCCCCCCCCCCC. The van der Waals surface area contributed by atoms with Crippen LogP contribution in [0.2, 0.25) is 0 Å². The zero-order chi connectivity index (χ0) is 69.1. The molecule has 0 aromatic carbocycles. The number of phosphoric ester groups is 2. The van der Waals surface area contributed by atoms with Crippen molar-refractivity contribution in [1.29, 1.82) is 0 Å². The van der Waals surface area contributed by atoms with Gasteiger partial charge >= 0.3 is 39.5 Å². The third kappa shape index (κ3) is 68.6. The molecule has 0 rings (SSSR count). The molecule has 0 amide bonds. The summed E-state index contributed by atoms with van der Waals surface area (Å²) in [5.41, 5.74) is 0. The topological polar surface area (TPSA) is 237 Å². The molecule has 3 N–H and O–H groups in total. The van der Waals surface area contributed by atoms with Crippen molar-refractivity contribution in [3.05, 3.63) is 0 Å². The number of hydrogen-bond acceptors (Lipinski definition) is 15. The summed E-state index contributed by atoms with van der Waals surface area (Å²) in [5.74, 6) is -1.39. The minimum atomic E-state index is -4.95. The number of unbranched alkanes of at least 4 members (excludes halogenated alkanes) is 47. The van der Waals surface area contributed by atoms with Crippen LogP contribution < -0.4 is 0 Å². The summed E-state index contributed by atoms with van der Waals surface area (Å²) < 4.78 is 68.5. The molecule has 0 heterocycles. The van der Waals surface area contributed by atoms with E-state index in [2.05, 4.69) is 34.6 Å². The average Bonchev–Trinajstić information content (AvgIpc) is 1.35. The van der Waals surface area contributed by atoms with Gasteiger partial charge in [-0.05, 0) is 31.6 Å². The van der Waals surface area contributed by atoms with E-state index in [1.54, 1.807) is 0 Å². The van der Waals surface area contributed by atoms with Gasteiger partial charge in [0.15, 0.2) is 12.2 Å². The first-order chi connectivity index (χ1) is 45.5. The number of ether oxygens (including phenoxy) is 4. The van der Waals surface area contributed by atoms with Gasteiger partial charge in [-0.2, -0.15) is 0 Å². The van der Waals surface area contributed by atoms with Gasteiger partial charge in [0.1, 0.15) is 19.3 Å². The minimum Gasteiger partial charge on any atom is -0.462 e. The lowest BCUT2D eigenvalue weighted by Gasteiger charge is -2.21. The molecule has 0 spiro atoms. The maximum Gasteiger partial charge on any atom is 0.472 e. The first kappa shape index (κ1) is 92.1. The molecule has 19 heteroatoms. The molecule has 5 atom stereocenters. The Morgan fingerprint density at radius 3 is 0.723 bits per heavy atom. The summed E-state index contributed by atoms with van der Waals surface area (Å²) in [7, 11) is -9.91. The number of aliphatic hydroxyl groups is 1. The highest BCUT2D eigenvalue weighted by Gasteiger charge is 2.30. The number of aliphatic hydroxyl groups excluding tert-OH is 1. The number of rotatable bonds is 75. The van der Waals surface area contributed by atoms with Gasteiger partial charge in [0, 0.05) is 25.7 Å². The second kappa shape index (κ2) is 68.2. The zero-order valence-electron chi connectivity index (χ0n) is 61.1. The van der Waals surface area contributed by atoms with E-state index in [0.717, 1.165) is 95.8 Å². The van der Waals surface area contributed by atoms with E-state index in [1.165, 1.54) is 218 Å². The molecule has 0 aliphatic rings. The largest absolute Gasteiger partial charge is 0.472 e. The van der Waals surface area contributed by atoms with Crippen LogP contribution in [0.4, 0.5) is 0 Å². The Morgan fingerprint density at radius 1 is 0.287 bits per heavy atom. The zero-order valence-corrected chi connectivity index (χ0v) is 62.9. The monoisotopic (exact) mass is 1380 g/mol. The van der Waals surface area contributed by atoms with Crippen LogP contribution in [0.3, 0.4) is 0 Å². The van der Waals surface area contributed by atoms with Gasteiger partial charge in [-0.25, -0.2) is 9.13 Å². The van der Waals surface area contributed by atoms with Crippen LogP contribution in [-0.4, -0.2) is 96.7 Å². The third-order valence-electron chi connectivity index (χ3n) is 17.5. The fourth-order valence-electron chi connectivity index (χ4n) is 11.5. The van der Waals surface area contributed by atoms with Crippen molar-refractivity contribution in [2.24, 2.45) is 5.92 Å².